The highest BCUT2D eigenvalue weighted by atomic mass is 16.8. The van der Waals surface area contributed by atoms with Crippen LogP contribution in [0.1, 0.15) is 106 Å². The summed E-state index contributed by atoms with van der Waals surface area (Å²) in [5.41, 5.74) is -0.948. The molecule has 4 saturated carbocycles. The van der Waals surface area contributed by atoms with Crippen LogP contribution in [0.25, 0.3) is 0 Å². The minimum absolute atomic E-state index is 0.0102. The molecule has 3 unspecified atom stereocenters. The van der Waals surface area contributed by atoms with Gasteiger partial charge in [0.15, 0.2) is 18.9 Å². The standard InChI is InChI=1S/C48H82O19/c1-44(2)28-13-17-48(7)29(10-9-24-23(12-16-47(24,48)6)22(18-49)8-11-30(52)45(3,4)61)46(28,5)15-14-31(44)66-43-40(67-42-39(60)36(57)33(54)26(20-51)64-42)37(58)34(55)27(65-43)21-62-41-38(59)35(56)32(53)25(19-50)63-41/h8,23-43,49-61H,9-21H2,1-7H3/t23-,24-,25-,26-,27-,28+,29-,30?,31+,32-,33-,34-,35+,36+,37+,38-,39-,40-,41?,42?,43+,46+,47-,48-/m1/s1. The molecule has 0 aromatic rings. The van der Waals surface area contributed by atoms with E-state index in [-0.39, 0.29) is 41.1 Å². The first-order chi connectivity index (χ1) is 31.3. The van der Waals surface area contributed by atoms with Gasteiger partial charge in [-0.2, -0.15) is 0 Å². The predicted molar refractivity (Wildman–Crippen MR) is 235 cm³/mol. The summed E-state index contributed by atoms with van der Waals surface area (Å²) in [6, 6.07) is 0. The van der Waals surface area contributed by atoms with Gasteiger partial charge in [-0.1, -0.05) is 40.7 Å². The fourth-order valence-corrected chi connectivity index (χ4v) is 14.5. The monoisotopic (exact) mass is 963 g/mol. The SMILES string of the molecule is CC(C)(O)C(O)CC=C(CO)[C@H]1CC[C@]2(C)[C@@H]1CC[C@@H]1[C@@]3(C)CC[C@H](O[C@@H]4O[C@H](COC5O[C@H](CO)[C@@H](O)[C@H](O)[C@H]5O)[C@@H](O)[C@H](O)[C@H]4OC4O[C@H](CO)[C@@H](O)[C@H](O)[C@H]4O)C(C)(C)[C@@H]3CC[C@]12C. The van der Waals surface area contributed by atoms with E-state index in [1.807, 2.05) is 6.08 Å². The minimum Gasteiger partial charge on any atom is -0.394 e. The molecule has 4 aliphatic carbocycles. The fraction of sp³-hybridized carbons (Fsp3) is 0.958. The minimum atomic E-state index is -1.84. The molecule has 24 atom stereocenters. The van der Waals surface area contributed by atoms with Crippen molar-refractivity contribution in [2.45, 2.75) is 216 Å². The average Bonchev–Trinajstić information content (AvgIpc) is 3.63. The number of aliphatic hydroxyl groups excluding tert-OH is 12. The van der Waals surface area contributed by atoms with Crippen LogP contribution in [-0.2, 0) is 28.4 Å². The van der Waals surface area contributed by atoms with Crippen molar-refractivity contribution in [3.8, 4) is 0 Å². The summed E-state index contributed by atoms with van der Waals surface area (Å²) in [5, 5.41) is 138. The van der Waals surface area contributed by atoms with E-state index in [0.29, 0.717) is 18.3 Å². The molecule has 388 valence electrons. The average molecular weight is 963 g/mol. The van der Waals surface area contributed by atoms with Crippen LogP contribution in [0, 0.1) is 45.3 Å². The predicted octanol–water partition coefficient (Wildman–Crippen LogP) is -1.05. The lowest BCUT2D eigenvalue weighted by atomic mass is 9.35. The summed E-state index contributed by atoms with van der Waals surface area (Å²) in [5.74, 6) is 1.07. The second-order valence-electron chi connectivity index (χ2n) is 23.0. The smallest absolute Gasteiger partial charge is 0.187 e. The normalized spacial score (nSPS) is 50.8. The van der Waals surface area contributed by atoms with E-state index >= 15 is 0 Å². The Bertz CT molecular complexity index is 1690. The Morgan fingerprint density at radius 1 is 0.627 bits per heavy atom. The zero-order valence-electron chi connectivity index (χ0n) is 40.2. The molecule has 3 aliphatic heterocycles. The van der Waals surface area contributed by atoms with E-state index < -0.39 is 135 Å². The number of hydrogen-bond acceptors (Lipinski definition) is 19. The molecule has 0 radical (unpaired) electrons. The van der Waals surface area contributed by atoms with Crippen molar-refractivity contribution in [2.24, 2.45) is 45.3 Å². The van der Waals surface area contributed by atoms with Crippen LogP contribution in [0.3, 0.4) is 0 Å². The molecule has 3 saturated heterocycles. The summed E-state index contributed by atoms with van der Waals surface area (Å²) < 4.78 is 36.2. The summed E-state index contributed by atoms with van der Waals surface area (Å²) >= 11 is 0. The second kappa shape index (κ2) is 20.1. The number of aliphatic hydroxyl groups is 13. The summed E-state index contributed by atoms with van der Waals surface area (Å²) in [7, 11) is 0. The third-order valence-electron chi connectivity index (χ3n) is 18.8. The lowest BCUT2D eigenvalue weighted by Crippen LogP contribution is -2.67. The van der Waals surface area contributed by atoms with Crippen molar-refractivity contribution in [2.75, 3.05) is 26.4 Å². The Morgan fingerprint density at radius 3 is 1.79 bits per heavy atom. The van der Waals surface area contributed by atoms with Gasteiger partial charge in [-0.3, -0.25) is 0 Å². The highest BCUT2D eigenvalue weighted by Crippen LogP contribution is 2.75. The van der Waals surface area contributed by atoms with Crippen LogP contribution in [-0.4, -0.2) is 203 Å². The van der Waals surface area contributed by atoms with Crippen molar-refractivity contribution in [1.29, 1.82) is 0 Å². The largest absolute Gasteiger partial charge is 0.394 e. The zero-order chi connectivity index (χ0) is 49.3. The number of ether oxygens (including phenoxy) is 6. The van der Waals surface area contributed by atoms with Crippen molar-refractivity contribution >= 4 is 0 Å². The first-order valence-electron chi connectivity index (χ1n) is 24.6. The fourth-order valence-electron chi connectivity index (χ4n) is 14.5. The maximum Gasteiger partial charge on any atom is 0.187 e. The van der Waals surface area contributed by atoms with Crippen molar-refractivity contribution in [1.82, 2.24) is 0 Å². The van der Waals surface area contributed by atoms with Crippen LogP contribution < -0.4 is 0 Å². The molecule has 67 heavy (non-hydrogen) atoms. The second-order valence-corrected chi connectivity index (χ2v) is 23.0. The molecular weight excluding hydrogens is 881 g/mol. The maximum atomic E-state index is 11.8. The van der Waals surface area contributed by atoms with E-state index in [1.165, 1.54) is 0 Å². The molecule has 19 heteroatoms. The Balaban J connectivity index is 1.11. The molecule has 0 amide bonds. The molecule has 7 fully saturated rings. The van der Waals surface area contributed by atoms with Crippen molar-refractivity contribution in [3.63, 3.8) is 0 Å². The molecule has 7 rings (SSSR count). The third-order valence-corrected chi connectivity index (χ3v) is 18.8. The Hall–Kier alpha value is -1.02. The molecule has 0 aromatic heterocycles. The highest BCUT2D eigenvalue weighted by molar-refractivity contribution is 5.22. The Labute approximate surface area is 393 Å². The lowest BCUT2D eigenvalue weighted by Gasteiger charge is -2.70. The molecular formula is C48H82O19. The first kappa shape index (κ1) is 53.8. The first-order valence-corrected chi connectivity index (χ1v) is 24.6. The third kappa shape index (κ3) is 9.47. The zero-order valence-corrected chi connectivity index (χ0v) is 40.2. The molecule has 3 heterocycles. The van der Waals surface area contributed by atoms with E-state index in [9.17, 15) is 66.4 Å². The van der Waals surface area contributed by atoms with Crippen LogP contribution in [0.4, 0.5) is 0 Å². The molecule has 19 nitrogen and oxygen atoms in total. The van der Waals surface area contributed by atoms with Gasteiger partial charge in [-0.05, 0) is 123 Å². The molecule has 0 aromatic carbocycles. The van der Waals surface area contributed by atoms with Gasteiger partial charge in [-0.25, -0.2) is 0 Å². The van der Waals surface area contributed by atoms with Gasteiger partial charge in [0.05, 0.1) is 44.2 Å². The number of fused-ring (bicyclic) bond motifs is 5. The lowest BCUT2D eigenvalue weighted by molar-refractivity contribution is -0.382. The van der Waals surface area contributed by atoms with Crippen molar-refractivity contribution in [3.05, 3.63) is 11.6 Å². The van der Waals surface area contributed by atoms with Gasteiger partial charge < -0.3 is 94.8 Å². The number of rotatable bonds is 14. The topological polar surface area (TPSA) is 318 Å². The van der Waals surface area contributed by atoms with Gasteiger partial charge in [0.1, 0.15) is 73.2 Å². The van der Waals surface area contributed by atoms with E-state index in [2.05, 4.69) is 34.6 Å². The summed E-state index contributed by atoms with van der Waals surface area (Å²) in [6.07, 6.45) is -16.3. The van der Waals surface area contributed by atoms with Gasteiger partial charge in [0.25, 0.3) is 0 Å². The van der Waals surface area contributed by atoms with Gasteiger partial charge >= 0.3 is 0 Å². The summed E-state index contributed by atoms with van der Waals surface area (Å²) in [6.45, 7) is 12.8. The van der Waals surface area contributed by atoms with Crippen LogP contribution in [0.5, 0.6) is 0 Å². The van der Waals surface area contributed by atoms with Crippen LogP contribution in [0.15, 0.2) is 11.6 Å². The molecule has 7 aliphatic rings. The van der Waals surface area contributed by atoms with E-state index in [1.54, 1.807) is 13.8 Å². The molecule has 13 N–H and O–H groups in total. The maximum absolute atomic E-state index is 11.8. The van der Waals surface area contributed by atoms with Crippen molar-refractivity contribution < 1.29 is 94.8 Å². The van der Waals surface area contributed by atoms with Gasteiger partial charge in [0.2, 0.25) is 0 Å². The summed E-state index contributed by atoms with van der Waals surface area (Å²) in [4.78, 5) is 0. The Kier molecular flexibility index (Phi) is 16.1. The number of hydrogen-bond donors (Lipinski definition) is 13. The van der Waals surface area contributed by atoms with Crippen LogP contribution >= 0.6 is 0 Å². The van der Waals surface area contributed by atoms with E-state index in [4.69, 9.17) is 28.4 Å². The Morgan fingerprint density at radius 2 is 1.19 bits per heavy atom. The molecule has 0 bridgehead atoms. The highest BCUT2D eigenvalue weighted by Gasteiger charge is 2.69. The van der Waals surface area contributed by atoms with Gasteiger partial charge in [-0.15, -0.1) is 0 Å². The van der Waals surface area contributed by atoms with Gasteiger partial charge in [0, 0.05) is 0 Å². The molecule has 0 spiro atoms. The van der Waals surface area contributed by atoms with E-state index in [0.717, 1.165) is 50.5 Å². The quantitative estimate of drug-likeness (QED) is 0.0730. The van der Waals surface area contributed by atoms with Crippen LogP contribution in [0.2, 0.25) is 0 Å².